The maximum absolute atomic E-state index is 12.3. The molecule has 0 radical (unpaired) electrons. The van der Waals surface area contributed by atoms with Gasteiger partial charge >= 0.3 is 27.4 Å². The molecule has 0 saturated carbocycles. The quantitative estimate of drug-likeness (QED) is 0.0962. The fourth-order valence-electron chi connectivity index (χ4n) is 4.40. The van der Waals surface area contributed by atoms with Crippen molar-refractivity contribution in [2.45, 2.75) is 77.0 Å². The second-order valence-electron chi connectivity index (χ2n) is 10.5. The second kappa shape index (κ2) is 21.1. The number of aromatic nitrogens is 2. The van der Waals surface area contributed by atoms with Gasteiger partial charge in [0, 0.05) is 45.6 Å². The first-order valence-corrected chi connectivity index (χ1v) is 18.2. The van der Waals surface area contributed by atoms with E-state index in [1.54, 1.807) is 0 Å². The van der Waals surface area contributed by atoms with E-state index < -0.39 is 45.3 Å². The van der Waals surface area contributed by atoms with Crippen molar-refractivity contribution in [2.24, 2.45) is 0 Å². The SMILES string of the molecule is CCCCCCCOP(=O)(O)OCCCCCCNC(=O)OCCN1C[C@@H](COP(=O)(O)OC)O[C@@H](n2ccc(=O)[nH]c2=O)C1. The number of rotatable bonds is 23. The minimum Gasteiger partial charge on any atom is -0.448 e. The van der Waals surface area contributed by atoms with Gasteiger partial charge in [0.05, 0.1) is 25.9 Å². The van der Waals surface area contributed by atoms with Gasteiger partial charge in [0.1, 0.15) is 6.61 Å². The number of hydrogen-bond donors (Lipinski definition) is 4. The molecule has 1 aliphatic heterocycles. The van der Waals surface area contributed by atoms with Crippen molar-refractivity contribution >= 4 is 21.7 Å². The smallest absolute Gasteiger partial charge is 0.448 e. The van der Waals surface area contributed by atoms with E-state index in [4.69, 9.17) is 23.0 Å². The molecule has 0 aliphatic carbocycles. The van der Waals surface area contributed by atoms with Crippen LogP contribution in [0.25, 0.3) is 0 Å². The number of nitrogens with one attached hydrogen (secondary N) is 2. The van der Waals surface area contributed by atoms with Gasteiger partial charge in [-0.3, -0.25) is 37.3 Å². The minimum atomic E-state index is -4.26. The molecular weight excluding hydrogens is 638 g/mol. The summed E-state index contributed by atoms with van der Waals surface area (Å²) in [6, 6.07) is 1.17. The zero-order valence-electron chi connectivity index (χ0n) is 26.0. The largest absolute Gasteiger partial charge is 0.472 e. The molecule has 1 aromatic rings. The number of hydrogen-bond acceptors (Lipinski definition) is 12. The van der Waals surface area contributed by atoms with Gasteiger partial charge in [-0.25, -0.2) is 18.7 Å². The fourth-order valence-corrected chi connectivity index (χ4v) is 5.65. The predicted molar refractivity (Wildman–Crippen MR) is 163 cm³/mol. The molecule has 260 valence electrons. The summed E-state index contributed by atoms with van der Waals surface area (Å²) in [6.45, 7) is 3.22. The minimum absolute atomic E-state index is 0.0165. The van der Waals surface area contributed by atoms with Gasteiger partial charge in [-0.15, -0.1) is 0 Å². The fraction of sp³-hybridized carbons (Fsp3) is 0.808. The summed E-state index contributed by atoms with van der Waals surface area (Å²) in [5, 5.41) is 2.66. The molecule has 4 N–H and O–H groups in total. The van der Waals surface area contributed by atoms with E-state index in [9.17, 15) is 33.3 Å². The highest BCUT2D eigenvalue weighted by atomic mass is 31.2. The standard InChI is InChI=1S/C26H48N4O13P2/c1-3-4-5-7-10-16-40-45(36,37)41-17-11-8-6-9-13-27-26(33)39-18-15-29-19-22(21-42-44(34,35)38-2)43-24(20-29)30-14-12-23(31)28-25(30)32/h12,14,22,24H,3-11,13,15-21H2,1-2H3,(H,27,33)(H,34,35)(H,36,37)(H,28,31,32)/t22-,24+/m0/s1. The summed E-state index contributed by atoms with van der Waals surface area (Å²) >= 11 is 0. The summed E-state index contributed by atoms with van der Waals surface area (Å²) < 4.78 is 55.2. The van der Waals surface area contributed by atoms with Crippen LogP contribution in [0.1, 0.15) is 70.9 Å². The summed E-state index contributed by atoms with van der Waals surface area (Å²) in [6.07, 6.45) is 6.87. The molecule has 17 nitrogen and oxygen atoms in total. The van der Waals surface area contributed by atoms with Crippen LogP contribution in [0.3, 0.4) is 0 Å². The first-order chi connectivity index (χ1) is 21.4. The lowest BCUT2D eigenvalue weighted by Crippen LogP contribution is -2.50. The normalized spacial score (nSPS) is 19.9. The molecule has 2 rings (SSSR count). The van der Waals surface area contributed by atoms with Crippen molar-refractivity contribution in [3.63, 3.8) is 0 Å². The number of ether oxygens (including phenoxy) is 2. The Kier molecular flexibility index (Phi) is 18.4. The Hall–Kier alpha value is -1.91. The second-order valence-corrected chi connectivity index (χ2v) is 13.5. The number of phosphoric acid groups is 2. The van der Waals surface area contributed by atoms with Crippen molar-refractivity contribution in [1.82, 2.24) is 19.8 Å². The summed E-state index contributed by atoms with van der Waals surface area (Å²) in [4.78, 5) is 59.1. The van der Waals surface area contributed by atoms with Crippen LogP contribution < -0.4 is 16.6 Å². The van der Waals surface area contributed by atoms with E-state index in [-0.39, 0.29) is 46.1 Å². The molecule has 0 bridgehead atoms. The van der Waals surface area contributed by atoms with Crippen molar-refractivity contribution in [2.75, 3.05) is 59.7 Å². The first kappa shape index (κ1) is 39.3. The number of alkyl carbamates (subject to hydrolysis) is 1. The van der Waals surface area contributed by atoms with Gasteiger partial charge in [-0.05, 0) is 19.3 Å². The monoisotopic (exact) mass is 686 g/mol. The topological polar surface area (TPSA) is 217 Å². The Bertz CT molecular complexity index is 1210. The molecule has 1 fully saturated rings. The molecule has 2 unspecified atom stereocenters. The lowest BCUT2D eigenvalue weighted by Gasteiger charge is -2.38. The van der Waals surface area contributed by atoms with Crippen LogP contribution in [0.4, 0.5) is 4.79 Å². The Balaban J connectivity index is 1.64. The first-order valence-electron chi connectivity index (χ1n) is 15.2. The van der Waals surface area contributed by atoms with Crippen molar-refractivity contribution < 1.29 is 51.3 Å². The van der Waals surface area contributed by atoms with E-state index in [2.05, 4.69) is 21.7 Å². The number of morpholine rings is 1. The maximum Gasteiger partial charge on any atom is 0.472 e. The molecule has 19 heteroatoms. The lowest BCUT2D eigenvalue weighted by atomic mass is 10.2. The van der Waals surface area contributed by atoms with Crippen molar-refractivity contribution in [3.8, 4) is 0 Å². The number of H-pyrrole nitrogens is 1. The van der Waals surface area contributed by atoms with Crippen molar-refractivity contribution in [3.05, 3.63) is 33.1 Å². The molecule has 0 spiro atoms. The summed E-state index contributed by atoms with van der Waals surface area (Å²) in [5.74, 6) is 0. The molecule has 1 amide bonds. The van der Waals surface area contributed by atoms with E-state index in [1.165, 1.54) is 16.8 Å². The average Bonchev–Trinajstić information content (AvgIpc) is 2.99. The third kappa shape index (κ3) is 17.0. The van der Waals surface area contributed by atoms with Crippen LogP contribution in [-0.2, 0) is 36.7 Å². The Morgan fingerprint density at radius 3 is 2.29 bits per heavy atom. The number of aromatic amines is 1. The number of carbonyl (C=O) groups excluding carboxylic acids is 1. The number of carbonyl (C=O) groups is 1. The molecule has 0 aromatic carbocycles. The van der Waals surface area contributed by atoms with Gasteiger partial charge in [0.2, 0.25) is 0 Å². The Morgan fingerprint density at radius 2 is 1.64 bits per heavy atom. The van der Waals surface area contributed by atoms with Crippen LogP contribution in [-0.4, -0.2) is 96.2 Å². The van der Waals surface area contributed by atoms with E-state index in [0.29, 0.717) is 19.4 Å². The van der Waals surface area contributed by atoms with E-state index in [0.717, 1.165) is 52.1 Å². The van der Waals surface area contributed by atoms with Gasteiger partial charge in [-0.1, -0.05) is 45.4 Å². The van der Waals surface area contributed by atoms with Gasteiger partial charge < -0.3 is 24.6 Å². The number of phosphoric ester groups is 2. The maximum atomic E-state index is 12.3. The van der Waals surface area contributed by atoms with E-state index in [1.807, 2.05) is 4.90 Å². The van der Waals surface area contributed by atoms with Gasteiger partial charge in [0.15, 0.2) is 6.23 Å². The average molecular weight is 687 g/mol. The van der Waals surface area contributed by atoms with Crippen LogP contribution in [0.2, 0.25) is 0 Å². The molecule has 2 heterocycles. The predicted octanol–water partition coefficient (Wildman–Crippen LogP) is 2.89. The number of nitrogens with zero attached hydrogens (tertiary/aromatic N) is 2. The zero-order chi connectivity index (χ0) is 33.1. The highest BCUT2D eigenvalue weighted by Gasteiger charge is 2.32. The van der Waals surface area contributed by atoms with E-state index >= 15 is 0 Å². The summed E-state index contributed by atoms with van der Waals surface area (Å²) in [5.41, 5.74) is -1.26. The van der Waals surface area contributed by atoms with Crippen molar-refractivity contribution in [1.29, 1.82) is 0 Å². The molecule has 45 heavy (non-hydrogen) atoms. The highest BCUT2D eigenvalue weighted by molar-refractivity contribution is 7.47. The Labute approximate surface area is 262 Å². The Morgan fingerprint density at radius 1 is 0.978 bits per heavy atom. The van der Waals surface area contributed by atoms with Gasteiger partial charge in [-0.2, -0.15) is 0 Å². The molecule has 4 atom stereocenters. The van der Waals surface area contributed by atoms with Crippen LogP contribution >= 0.6 is 15.6 Å². The molecule has 1 aliphatic rings. The van der Waals surface area contributed by atoms with Crippen LogP contribution in [0.15, 0.2) is 21.9 Å². The molecule has 1 saturated heterocycles. The molecule has 1 aromatic heterocycles. The van der Waals surface area contributed by atoms with Crippen LogP contribution in [0.5, 0.6) is 0 Å². The third-order valence-corrected chi connectivity index (χ3v) is 8.73. The zero-order valence-corrected chi connectivity index (χ0v) is 27.8. The highest BCUT2D eigenvalue weighted by Crippen LogP contribution is 2.43. The summed E-state index contributed by atoms with van der Waals surface area (Å²) in [7, 11) is -7.26. The number of unbranched alkanes of at least 4 members (excludes halogenated alkanes) is 7. The van der Waals surface area contributed by atoms with Crippen LogP contribution in [0, 0.1) is 0 Å². The third-order valence-electron chi connectivity index (χ3n) is 6.78. The lowest BCUT2D eigenvalue weighted by molar-refractivity contribution is -0.136. The molecular formula is C26H48N4O13P2. The van der Waals surface area contributed by atoms with Gasteiger partial charge in [0.25, 0.3) is 5.56 Å². The number of amides is 1.